The fourth-order valence-electron chi connectivity index (χ4n) is 3.17. The third-order valence-electron chi connectivity index (χ3n) is 4.33. The average molecular weight is 273 g/mol. The second-order valence-electron chi connectivity index (χ2n) is 5.93. The van der Waals surface area contributed by atoms with Gasteiger partial charge in [-0.25, -0.2) is 0 Å². The van der Waals surface area contributed by atoms with E-state index in [-0.39, 0.29) is 5.92 Å². The van der Waals surface area contributed by atoms with Crippen LogP contribution >= 0.6 is 0 Å². The molecule has 0 aromatic heterocycles. The third kappa shape index (κ3) is 4.36. The van der Waals surface area contributed by atoms with Gasteiger partial charge in [-0.1, -0.05) is 50.8 Å². The molecule has 1 aliphatic rings. The van der Waals surface area contributed by atoms with E-state index in [9.17, 15) is 4.79 Å². The predicted molar refractivity (Wildman–Crippen MR) is 85.0 cm³/mol. The summed E-state index contributed by atoms with van der Waals surface area (Å²) in [5.41, 5.74) is 1.15. The normalized spacial score (nSPS) is 20.6. The number of carbonyl (C=O) groups is 1. The number of hydrogen-bond donors (Lipinski definition) is 1. The molecule has 0 radical (unpaired) electrons. The van der Waals surface area contributed by atoms with Crippen LogP contribution in [0.1, 0.15) is 58.3 Å². The van der Waals surface area contributed by atoms with Crippen molar-refractivity contribution in [1.82, 2.24) is 0 Å². The maximum atomic E-state index is 12.2. The van der Waals surface area contributed by atoms with Gasteiger partial charge in [0.15, 0.2) is 0 Å². The highest BCUT2D eigenvalue weighted by atomic mass is 16.1. The summed E-state index contributed by atoms with van der Waals surface area (Å²) in [5.74, 6) is 0.696. The first-order valence-electron chi connectivity index (χ1n) is 8.15. The van der Waals surface area contributed by atoms with E-state index < -0.39 is 0 Å². The molecule has 2 heteroatoms. The van der Waals surface area contributed by atoms with Crippen molar-refractivity contribution in [3.05, 3.63) is 30.3 Å². The molecule has 2 atom stereocenters. The van der Waals surface area contributed by atoms with Crippen molar-refractivity contribution in [1.29, 1.82) is 0 Å². The first-order chi connectivity index (χ1) is 9.81. The van der Waals surface area contributed by atoms with Crippen LogP contribution < -0.4 is 5.32 Å². The van der Waals surface area contributed by atoms with E-state index in [4.69, 9.17) is 0 Å². The number of para-hydroxylation sites is 1. The molecule has 0 saturated heterocycles. The molecule has 2 nitrogen and oxygen atoms in total. The quantitative estimate of drug-likeness (QED) is 0.722. The van der Waals surface area contributed by atoms with E-state index in [1.54, 1.807) is 0 Å². The topological polar surface area (TPSA) is 29.1 Å². The monoisotopic (exact) mass is 273 g/mol. The number of anilines is 1. The highest BCUT2D eigenvalue weighted by molar-refractivity contribution is 5.82. The third-order valence-corrected chi connectivity index (χ3v) is 4.33. The average Bonchev–Trinajstić information content (AvgIpc) is 2.48. The fraction of sp³-hybridized carbons (Fsp3) is 0.611. The molecule has 1 saturated carbocycles. The van der Waals surface area contributed by atoms with Gasteiger partial charge in [-0.2, -0.15) is 0 Å². The Labute approximate surface area is 123 Å². The number of ketones is 1. The van der Waals surface area contributed by atoms with Gasteiger partial charge in [0.2, 0.25) is 0 Å². The highest BCUT2D eigenvalue weighted by Gasteiger charge is 2.29. The zero-order chi connectivity index (χ0) is 14.2. The molecule has 20 heavy (non-hydrogen) atoms. The molecule has 1 N–H and O–H groups in total. The zero-order valence-electron chi connectivity index (χ0n) is 12.6. The first-order valence-corrected chi connectivity index (χ1v) is 8.15. The lowest BCUT2D eigenvalue weighted by atomic mass is 9.81. The smallest absolute Gasteiger partial charge is 0.138 e. The Morgan fingerprint density at radius 2 is 2.00 bits per heavy atom. The van der Waals surface area contributed by atoms with Crippen LogP contribution in [0.4, 0.5) is 5.69 Å². The molecule has 2 unspecified atom stereocenters. The zero-order valence-corrected chi connectivity index (χ0v) is 12.6. The minimum atomic E-state index is 0.223. The summed E-state index contributed by atoms with van der Waals surface area (Å²) in [6, 6.07) is 10.6. The molecule has 0 heterocycles. The van der Waals surface area contributed by atoms with Gasteiger partial charge in [0, 0.05) is 24.1 Å². The van der Waals surface area contributed by atoms with Gasteiger partial charge >= 0.3 is 0 Å². The molecule has 0 spiro atoms. The van der Waals surface area contributed by atoms with Crippen molar-refractivity contribution in [3.63, 3.8) is 0 Å². The summed E-state index contributed by atoms with van der Waals surface area (Å²) in [4.78, 5) is 12.2. The van der Waals surface area contributed by atoms with Crippen molar-refractivity contribution in [3.8, 4) is 0 Å². The maximum Gasteiger partial charge on any atom is 0.138 e. The minimum Gasteiger partial charge on any atom is -0.382 e. The van der Waals surface area contributed by atoms with Crippen LogP contribution in [0.15, 0.2) is 30.3 Å². The molecule has 1 aromatic carbocycles. The molecule has 1 fully saturated rings. The molecule has 110 valence electrons. The van der Waals surface area contributed by atoms with E-state index in [1.165, 1.54) is 25.7 Å². The number of unbranched alkanes of at least 4 members (excludes halogenated alkanes) is 2. The summed E-state index contributed by atoms with van der Waals surface area (Å²) < 4.78 is 0. The van der Waals surface area contributed by atoms with E-state index >= 15 is 0 Å². The number of rotatable bonds is 7. The van der Waals surface area contributed by atoms with Crippen molar-refractivity contribution in [2.75, 3.05) is 5.32 Å². The Morgan fingerprint density at radius 1 is 1.20 bits per heavy atom. The van der Waals surface area contributed by atoms with Crippen molar-refractivity contribution in [2.45, 2.75) is 64.3 Å². The number of carbonyl (C=O) groups excluding carboxylic acids is 1. The summed E-state index contributed by atoms with van der Waals surface area (Å²) in [6.45, 7) is 2.23. The van der Waals surface area contributed by atoms with Crippen molar-refractivity contribution in [2.24, 2.45) is 5.92 Å². The maximum absolute atomic E-state index is 12.2. The molecule has 1 aromatic rings. The Balaban J connectivity index is 2.01. The van der Waals surface area contributed by atoms with Crippen LogP contribution in [0.3, 0.4) is 0 Å². The summed E-state index contributed by atoms with van der Waals surface area (Å²) >= 11 is 0. The van der Waals surface area contributed by atoms with Gasteiger partial charge in [-0.05, 0) is 31.4 Å². The largest absolute Gasteiger partial charge is 0.382 e. The highest BCUT2D eigenvalue weighted by Crippen LogP contribution is 2.28. The van der Waals surface area contributed by atoms with Crippen LogP contribution in [0.5, 0.6) is 0 Å². The predicted octanol–water partition coefficient (Wildman–Crippen LogP) is 4.81. The van der Waals surface area contributed by atoms with Crippen molar-refractivity contribution >= 4 is 11.5 Å². The Morgan fingerprint density at radius 3 is 2.70 bits per heavy atom. The van der Waals surface area contributed by atoms with Gasteiger partial charge in [0.05, 0.1) is 0 Å². The second kappa shape index (κ2) is 8.08. The summed E-state index contributed by atoms with van der Waals surface area (Å²) in [5, 5.41) is 3.62. The molecule has 0 bridgehead atoms. The molecule has 1 aliphatic carbocycles. The van der Waals surface area contributed by atoms with Gasteiger partial charge < -0.3 is 5.32 Å². The number of hydrogen-bond acceptors (Lipinski definition) is 2. The van der Waals surface area contributed by atoms with Gasteiger partial charge in [0.25, 0.3) is 0 Å². The van der Waals surface area contributed by atoms with Gasteiger partial charge in [0.1, 0.15) is 5.78 Å². The lowest BCUT2D eigenvalue weighted by Gasteiger charge is -2.30. The Hall–Kier alpha value is -1.31. The first kappa shape index (κ1) is 15.1. The molecule has 2 rings (SSSR count). The van der Waals surface area contributed by atoms with E-state index in [2.05, 4.69) is 24.4 Å². The SMILES string of the molecule is CCCCCC(Nc1ccccc1)C1CCCCC1=O. The number of Topliss-reactive ketones (excluding diaryl/α,β-unsaturated/α-hetero) is 1. The van der Waals surface area contributed by atoms with Gasteiger partial charge in [-0.3, -0.25) is 4.79 Å². The second-order valence-corrected chi connectivity index (χ2v) is 5.93. The van der Waals surface area contributed by atoms with E-state index in [0.717, 1.165) is 31.4 Å². The Kier molecular flexibility index (Phi) is 6.10. The Bertz CT molecular complexity index is 401. The van der Waals surface area contributed by atoms with E-state index in [1.807, 2.05) is 18.2 Å². The van der Waals surface area contributed by atoms with Crippen LogP contribution in [0.25, 0.3) is 0 Å². The lowest BCUT2D eigenvalue weighted by Crippen LogP contribution is -2.36. The van der Waals surface area contributed by atoms with E-state index in [0.29, 0.717) is 11.8 Å². The summed E-state index contributed by atoms with van der Waals surface area (Å²) in [7, 11) is 0. The summed E-state index contributed by atoms with van der Waals surface area (Å²) in [6.07, 6.45) is 8.95. The van der Waals surface area contributed by atoms with Crippen LogP contribution in [0, 0.1) is 5.92 Å². The van der Waals surface area contributed by atoms with Crippen molar-refractivity contribution < 1.29 is 4.79 Å². The molecular weight excluding hydrogens is 246 g/mol. The number of nitrogens with one attached hydrogen (secondary N) is 1. The van der Waals surface area contributed by atoms with Gasteiger partial charge in [-0.15, -0.1) is 0 Å². The lowest BCUT2D eigenvalue weighted by molar-refractivity contribution is -0.125. The minimum absolute atomic E-state index is 0.223. The fourth-order valence-corrected chi connectivity index (χ4v) is 3.17. The molecule has 0 amide bonds. The van der Waals surface area contributed by atoms with Crippen LogP contribution in [0.2, 0.25) is 0 Å². The van der Waals surface area contributed by atoms with Crippen LogP contribution in [-0.4, -0.2) is 11.8 Å². The standard InChI is InChI=1S/C18H27NO/c1-2-3-5-13-17(16-12-8-9-14-18(16)20)19-15-10-6-4-7-11-15/h4,6-7,10-11,16-17,19H,2-3,5,8-9,12-14H2,1H3. The molecular formula is C18H27NO. The molecule has 0 aliphatic heterocycles. The van der Waals surface area contributed by atoms with Crippen LogP contribution in [-0.2, 0) is 4.79 Å². The number of benzene rings is 1.